The summed E-state index contributed by atoms with van der Waals surface area (Å²) in [7, 11) is 0. The minimum absolute atomic E-state index is 0.184. The van der Waals surface area contributed by atoms with Crippen molar-refractivity contribution in [3.63, 3.8) is 0 Å². The van der Waals surface area contributed by atoms with Gasteiger partial charge in [-0.3, -0.25) is 0 Å². The van der Waals surface area contributed by atoms with Crippen LogP contribution in [0.5, 0.6) is 0 Å². The molecule has 4 nitrogen and oxygen atoms in total. The standard InChI is InChI=1S/C12H15FN4/c1-8(2)17-11(7-14)12(15-16-17)9-4-3-5-10(13)6-9/h3-6,8H,7,14H2,1-2H3. The first kappa shape index (κ1) is 11.7. The zero-order valence-corrected chi connectivity index (χ0v) is 9.89. The van der Waals surface area contributed by atoms with Crippen molar-refractivity contribution in [2.24, 2.45) is 5.73 Å². The van der Waals surface area contributed by atoms with Crippen molar-refractivity contribution < 1.29 is 4.39 Å². The molecule has 0 spiro atoms. The summed E-state index contributed by atoms with van der Waals surface area (Å²) in [4.78, 5) is 0. The topological polar surface area (TPSA) is 56.7 Å². The van der Waals surface area contributed by atoms with Crippen molar-refractivity contribution in [3.8, 4) is 11.3 Å². The Bertz CT molecular complexity index is 519. The molecule has 0 radical (unpaired) electrons. The molecule has 2 aromatic rings. The van der Waals surface area contributed by atoms with E-state index in [1.54, 1.807) is 16.8 Å². The summed E-state index contributed by atoms with van der Waals surface area (Å²) < 4.78 is 14.9. The van der Waals surface area contributed by atoms with Gasteiger partial charge >= 0.3 is 0 Å². The SMILES string of the molecule is CC(C)n1nnc(-c2cccc(F)c2)c1CN. The minimum atomic E-state index is -0.287. The summed E-state index contributed by atoms with van der Waals surface area (Å²) >= 11 is 0. The molecule has 0 saturated heterocycles. The van der Waals surface area contributed by atoms with Gasteiger partial charge in [0.15, 0.2) is 0 Å². The van der Waals surface area contributed by atoms with Gasteiger partial charge in [-0.2, -0.15) is 0 Å². The Morgan fingerprint density at radius 3 is 2.76 bits per heavy atom. The molecule has 17 heavy (non-hydrogen) atoms. The van der Waals surface area contributed by atoms with Gasteiger partial charge in [-0.05, 0) is 26.0 Å². The molecule has 1 heterocycles. The third-order valence-electron chi connectivity index (χ3n) is 2.57. The van der Waals surface area contributed by atoms with Gasteiger partial charge in [-0.25, -0.2) is 9.07 Å². The third-order valence-corrected chi connectivity index (χ3v) is 2.57. The second kappa shape index (κ2) is 4.63. The van der Waals surface area contributed by atoms with Gasteiger partial charge in [-0.1, -0.05) is 17.3 Å². The molecule has 0 bridgehead atoms. The Morgan fingerprint density at radius 2 is 2.18 bits per heavy atom. The van der Waals surface area contributed by atoms with E-state index in [9.17, 15) is 4.39 Å². The minimum Gasteiger partial charge on any atom is -0.325 e. The van der Waals surface area contributed by atoms with Crippen molar-refractivity contribution in [2.45, 2.75) is 26.4 Å². The second-order valence-electron chi connectivity index (χ2n) is 4.14. The van der Waals surface area contributed by atoms with Gasteiger partial charge in [0.1, 0.15) is 11.5 Å². The van der Waals surface area contributed by atoms with Crippen LogP contribution in [0.1, 0.15) is 25.6 Å². The lowest BCUT2D eigenvalue weighted by molar-refractivity contribution is 0.494. The fourth-order valence-corrected chi connectivity index (χ4v) is 1.78. The van der Waals surface area contributed by atoms with Crippen molar-refractivity contribution in [2.75, 3.05) is 0 Å². The molecule has 1 aromatic carbocycles. The highest BCUT2D eigenvalue weighted by Crippen LogP contribution is 2.23. The monoisotopic (exact) mass is 234 g/mol. The van der Waals surface area contributed by atoms with Gasteiger partial charge in [0.2, 0.25) is 0 Å². The van der Waals surface area contributed by atoms with Crippen LogP contribution in [0, 0.1) is 5.82 Å². The number of halogens is 1. The Balaban J connectivity index is 2.52. The maximum Gasteiger partial charge on any atom is 0.123 e. The molecule has 0 unspecified atom stereocenters. The molecule has 1 aromatic heterocycles. The molecule has 0 fully saturated rings. The quantitative estimate of drug-likeness (QED) is 0.885. The maximum atomic E-state index is 13.2. The van der Waals surface area contributed by atoms with Crippen molar-refractivity contribution in [1.29, 1.82) is 0 Å². The lowest BCUT2D eigenvalue weighted by Crippen LogP contribution is -2.11. The van der Waals surface area contributed by atoms with E-state index in [1.807, 2.05) is 13.8 Å². The molecule has 0 saturated carbocycles. The smallest absolute Gasteiger partial charge is 0.123 e. The Kier molecular flexibility index (Phi) is 3.19. The predicted molar refractivity (Wildman–Crippen MR) is 63.7 cm³/mol. The Labute approximate surface area is 99.2 Å². The van der Waals surface area contributed by atoms with E-state index >= 15 is 0 Å². The summed E-state index contributed by atoms with van der Waals surface area (Å²) in [5.41, 5.74) is 7.90. The van der Waals surface area contributed by atoms with Gasteiger partial charge in [0.25, 0.3) is 0 Å². The van der Waals surface area contributed by atoms with Crippen LogP contribution >= 0.6 is 0 Å². The molecule has 0 aliphatic carbocycles. The molecular weight excluding hydrogens is 219 g/mol. The Hall–Kier alpha value is -1.75. The first-order valence-corrected chi connectivity index (χ1v) is 5.53. The van der Waals surface area contributed by atoms with Crippen LogP contribution in [0.4, 0.5) is 4.39 Å². The molecular formula is C12H15FN4. The van der Waals surface area contributed by atoms with Gasteiger partial charge in [0, 0.05) is 18.2 Å². The van der Waals surface area contributed by atoms with Gasteiger partial charge in [-0.15, -0.1) is 5.10 Å². The van der Waals surface area contributed by atoms with Crippen molar-refractivity contribution in [3.05, 3.63) is 35.8 Å². The number of nitrogens with two attached hydrogens (primary N) is 1. The van der Waals surface area contributed by atoms with Crippen LogP contribution in [0.3, 0.4) is 0 Å². The lowest BCUT2D eigenvalue weighted by atomic mass is 10.1. The van der Waals surface area contributed by atoms with Crippen LogP contribution in [0.2, 0.25) is 0 Å². The van der Waals surface area contributed by atoms with Crippen LogP contribution in [-0.2, 0) is 6.54 Å². The normalized spacial score (nSPS) is 11.1. The average molecular weight is 234 g/mol. The number of hydrogen-bond donors (Lipinski definition) is 1. The largest absolute Gasteiger partial charge is 0.325 e. The van der Waals surface area contributed by atoms with E-state index in [1.165, 1.54) is 12.1 Å². The summed E-state index contributed by atoms with van der Waals surface area (Å²) in [6.07, 6.45) is 0. The number of rotatable bonds is 3. The fraction of sp³-hybridized carbons (Fsp3) is 0.333. The highest BCUT2D eigenvalue weighted by molar-refractivity contribution is 5.61. The molecule has 5 heteroatoms. The van der Waals surface area contributed by atoms with Gasteiger partial charge in [0.05, 0.1) is 5.69 Å². The summed E-state index contributed by atoms with van der Waals surface area (Å²) in [5, 5.41) is 8.14. The van der Waals surface area contributed by atoms with E-state index in [0.717, 1.165) is 5.69 Å². The molecule has 2 rings (SSSR count). The van der Waals surface area contributed by atoms with Crippen LogP contribution in [0.25, 0.3) is 11.3 Å². The summed E-state index contributed by atoms with van der Waals surface area (Å²) in [5.74, 6) is -0.287. The number of benzene rings is 1. The average Bonchev–Trinajstić information content (AvgIpc) is 2.72. The van der Waals surface area contributed by atoms with Crippen LogP contribution < -0.4 is 5.73 Å². The van der Waals surface area contributed by atoms with Crippen molar-refractivity contribution in [1.82, 2.24) is 15.0 Å². The zero-order valence-electron chi connectivity index (χ0n) is 9.89. The van der Waals surface area contributed by atoms with E-state index in [-0.39, 0.29) is 11.9 Å². The van der Waals surface area contributed by atoms with E-state index in [4.69, 9.17) is 5.73 Å². The van der Waals surface area contributed by atoms with Crippen molar-refractivity contribution >= 4 is 0 Å². The van der Waals surface area contributed by atoms with Gasteiger partial charge < -0.3 is 5.73 Å². The number of aromatic nitrogens is 3. The second-order valence-corrected chi connectivity index (χ2v) is 4.14. The number of nitrogens with zero attached hydrogens (tertiary/aromatic N) is 3. The fourth-order valence-electron chi connectivity index (χ4n) is 1.78. The highest BCUT2D eigenvalue weighted by atomic mass is 19.1. The van der Waals surface area contributed by atoms with Crippen LogP contribution in [0.15, 0.2) is 24.3 Å². The summed E-state index contributed by atoms with van der Waals surface area (Å²) in [6.45, 7) is 4.34. The molecule has 0 aliphatic heterocycles. The number of hydrogen-bond acceptors (Lipinski definition) is 3. The molecule has 0 amide bonds. The molecule has 0 atom stereocenters. The zero-order chi connectivity index (χ0) is 12.4. The first-order chi connectivity index (χ1) is 8.13. The van der Waals surface area contributed by atoms with E-state index in [0.29, 0.717) is 17.8 Å². The highest BCUT2D eigenvalue weighted by Gasteiger charge is 2.15. The predicted octanol–water partition coefficient (Wildman–Crippen LogP) is 2.12. The van der Waals surface area contributed by atoms with E-state index < -0.39 is 0 Å². The molecule has 0 aliphatic rings. The lowest BCUT2D eigenvalue weighted by Gasteiger charge is -2.08. The Morgan fingerprint density at radius 1 is 1.41 bits per heavy atom. The first-order valence-electron chi connectivity index (χ1n) is 5.53. The third kappa shape index (κ3) is 2.19. The summed E-state index contributed by atoms with van der Waals surface area (Å²) in [6, 6.07) is 6.48. The maximum absolute atomic E-state index is 13.2. The molecule has 2 N–H and O–H groups in total. The van der Waals surface area contributed by atoms with E-state index in [2.05, 4.69) is 10.3 Å². The molecule has 90 valence electrons. The van der Waals surface area contributed by atoms with Crippen LogP contribution in [-0.4, -0.2) is 15.0 Å².